The Morgan fingerprint density at radius 2 is 2.00 bits per heavy atom. The van der Waals surface area contributed by atoms with Crippen molar-refractivity contribution in [1.29, 1.82) is 0 Å². The van der Waals surface area contributed by atoms with Gasteiger partial charge in [-0.3, -0.25) is 0 Å². The third-order valence-electron chi connectivity index (χ3n) is 2.51. The van der Waals surface area contributed by atoms with Crippen LogP contribution in [0.2, 0.25) is 0 Å². The van der Waals surface area contributed by atoms with Crippen LogP contribution < -0.4 is 5.73 Å². The van der Waals surface area contributed by atoms with Gasteiger partial charge in [-0.05, 0) is 44.2 Å². The summed E-state index contributed by atoms with van der Waals surface area (Å²) in [6.45, 7) is 0. The van der Waals surface area contributed by atoms with E-state index in [9.17, 15) is 0 Å². The highest BCUT2D eigenvalue weighted by Crippen LogP contribution is 2.24. The first kappa shape index (κ1) is 8.72. The molecule has 2 heteroatoms. The van der Waals surface area contributed by atoms with Gasteiger partial charge >= 0.3 is 0 Å². The zero-order valence-corrected chi connectivity index (χ0v) is 7.29. The molecule has 0 unspecified atom stereocenters. The molecule has 1 aliphatic rings. The summed E-state index contributed by atoms with van der Waals surface area (Å²) in [6, 6.07) is 0.477. The van der Waals surface area contributed by atoms with Crippen LogP contribution in [0.15, 0.2) is 4.99 Å². The molecule has 11 heavy (non-hydrogen) atoms. The van der Waals surface area contributed by atoms with Gasteiger partial charge in [0.1, 0.15) is 0 Å². The maximum atomic E-state index is 5.79. The second-order valence-corrected chi connectivity index (χ2v) is 3.46. The van der Waals surface area contributed by atoms with Crippen molar-refractivity contribution in [1.82, 2.24) is 0 Å². The summed E-state index contributed by atoms with van der Waals surface area (Å²) in [5, 5.41) is 0. The van der Waals surface area contributed by atoms with Crippen molar-refractivity contribution in [3.05, 3.63) is 0 Å². The van der Waals surface area contributed by atoms with Crippen molar-refractivity contribution in [3.63, 3.8) is 0 Å². The van der Waals surface area contributed by atoms with Gasteiger partial charge in [-0.1, -0.05) is 0 Å². The summed E-state index contributed by atoms with van der Waals surface area (Å²) < 4.78 is 0. The van der Waals surface area contributed by atoms with Gasteiger partial charge in [0.2, 0.25) is 0 Å². The average molecular weight is 154 g/mol. The quantitative estimate of drug-likeness (QED) is 0.603. The van der Waals surface area contributed by atoms with Crippen molar-refractivity contribution in [2.24, 2.45) is 16.6 Å². The first-order valence-corrected chi connectivity index (χ1v) is 4.49. The fourth-order valence-corrected chi connectivity index (χ4v) is 1.68. The normalized spacial score (nSPS) is 32.9. The van der Waals surface area contributed by atoms with Crippen molar-refractivity contribution >= 4 is 6.21 Å². The van der Waals surface area contributed by atoms with E-state index in [2.05, 4.69) is 4.99 Å². The van der Waals surface area contributed by atoms with Crippen LogP contribution in [0.1, 0.15) is 32.1 Å². The second-order valence-electron chi connectivity index (χ2n) is 3.46. The highest BCUT2D eigenvalue weighted by Gasteiger charge is 2.16. The maximum Gasteiger partial charge on any atom is 0.0273 e. The molecule has 0 aromatic rings. The molecule has 0 aliphatic heterocycles. The van der Waals surface area contributed by atoms with Gasteiger partial charge in [0.05, 0.1) is 0 Å². The lowest BCUT2D eigenvalue weighted by atomic mass is 9.85. The van der Waals surface area contributed by atoms with Crippen LogP contribution in [0.4, 0.5) is 0 Å². The van der Waals surface area contributed by atoms with Crippen LogP contribution in [0, 0.1) is 5.92 Å². The summed E-state index contributed by atoms with van der Waals surface area (Å²) >= 11 is 0. The molecule has 0 spiro atoms. The number of nitrogens with zero attached hydrogens (tertiary/aromatic N) is 1. The topological polar surface area (TPSA) is 38.4 Å². The Labute approximate surface area is 68.9 Å². The van der Waals surface area contributed by atoms with Gasteiger partial charge < -0.3 is 10.7 Å². The van der Waals surface area contributed by atoms with Gasteiger partial charge in [-0.15, -0.1) is 0 Å². The van der Waals surface area contributed by atoms with Crippen molar-refractivity contribution in [3.8, 4) is 0 Å². The van der Waals surface area contributed by atoms with E-state index >= 15 is 0 Å². The summed E-state index contributed by atoms with van der Waals surface area (Å²) in [5.41, 5.74) is 5.79. The number of hydrogen-bond donors (Lipinski definition) is 1. The molecular weight excluding hydrogens is 136 g/mol. The Kier molecular flexibility index (Phi) is 3.57. The average Bonchev–Trinajstić information content (AvgIpc) is 2.04. The lowest BCUT2D eigenvalue weighted by Gasteiger charge is -2.24. The Bertz CT molecular complexity index is 124. The van der Waals surface area contributed by atoms with Gasteiger partial charge in [-0.2, -0.15) is 0 Å². The molecule has 2 nitrogen and oxygen atoms in total. The third kappa shape index (κ3) is 3.02. The monoisotopic (exact) mass is 154 g/mol. The number of hydrogen-bond acceptors (Lipinski definition) is 2. The lowest BCUT2D eigenvalue weighted by molar-refractivity contribution is 0.335. The van der Waals surface area contributed by atoms with Crippen LogP contribution >= 0.6 is 0 Å². The maximum absolute atomic E-state index is 5.79. The highest BCUT2D eigenvalue weighted by molar-refractivity contribution is 5.57. The van der Waals surface area contributed by atoms with Crippen LogP contribution in [0.5, 0.6) is 0 Å². The fourth-order valence-electron chi connectivity index (χ4n) is 1.68. The predicted octanol–water partition coefficient (Wildman–Crippen LogP) is 1.59. The molecule has 0 bridgehead atoms. The van der Waals surface area contributed by atoms with E-state index < -0.39 is 0 Å². The first-order valence-electron chi connectivity index (χ1n) is 4.49. The van der Waals surface area contributed by atoms with Gasteiger partial charge in [0.15, 0.2) is 0 Å². The minimum atomic E-state index is 0.477. The Morgan fingerprint density at radius 3 is 2.55 bits per heavy atom. The Hall–Kier alpha value is -0.370. The number of nitrogens with two attached hydrogens (primary N) is 1. The summed E-state index contributed by atoms with van der Waals surface area (Å²) in [5.74, 6) is 0.860. The lowest BCUT2D eigenvalue weighted by Crippen LogP contribution is -2.26. The minimum absolute atomic E-state index is 0.477. The van der Waals surface area contributed by atoms with Gasteiger partial charge in [-0.25, -0.2) is 0 Å². The number of aliphatic imine (C=N–C) groups is 1. The van der Waals surface area contributed by atoms with Gasteiger partial charge in [0.25, 0.3) is 0 Å². The Balaban J connectivity index is 2.17. The molecule has 1 aliphatic carbocycles. The minimum Gasteiger partial charge on any atom is -0.328 e. The molecule has 2 N–H and O–H groups in total. The predicted molar refractivity (Wildman–Crippen MR) is 49.0 cm³/mol. The van der Waals surface area contributed by atoms with E-state index in [1.54, 1.807) is 0 Å². The van der Waals surface area contributed by atoms with Crippen LogP contribution in [-0.2, 0) is 0 Å². The van der Waals surface area contributed by atoms with E-state index in [0.29, 0.717) is 6.04 Å². The molecule has 1 saturated carbocycles. The number of rotatable bonds is 2. The Morgan fingerprint density at radius 1 is 1.36 bits per heavy atom. The zero-order valence-electron chi connectivity index (χ0n) is 7.29. The van der Waals surface area contributed by atoms with Crippen LogP contribution in [0.3, 0.4) is 0 Å². The van der Waals surface area contributed by atoms with E-state index in [4.69, 9.17) is 5.73 Å². The summed E-state index contributed by atoms with van der Waals surface area (Å²) in [6.07, 6.45) is 8.20. The molecular formula is C9H18N2. The highest BCUT2D eigenvalue weighted by atomic mass is 14.6. The fraction of sp³-hybridized carbons (Fsp3) is 0.889. The molecule has 1 rings (SSSR count). The van der Waals surface area contributed by atoms with Crippen molar-refractivity contribution in [2.45, 2.75) is 38.1 Å². The van der Waals surface area contributed by atoms with Crippen molar-refractivity contribution < 1.29 is 0 Å². The van der Waals surface area contributed by atoms with Crippen molar-refractivity contribution in [2.75, 3.05) is 7.05 Å². The molecule has 1 fully saturated rings. The third-order valence-corrected chi connectivity index (χ3v) is 2.51. The van der Waals surface area contributed by atoms with Crippen LogP contribution in [-0.4, -0.2) is 19.3 Å². The van der Waals surface area contributed by atoms with E-state index in [-0.39, 0.29) is 0 Å². The molecule has 0 radical (unpaired) electrons. The van der Waals surface area contributed by atoms with E-state index in [1.807, 2.05) is 13.3 Å². The smallest absolute Gasteiger partial charge is 0.0273 e. The molecule has 0 atom stereocenters. The molecule has 0 amide bonds. The molecule has 0 aromatic carbocycles. The van der Waals surface area contributed by atoms with E-state index in [1.165, 1.54) is 25.7 Å². The molecule has 0 saturated heterocycles. The largest absolute Gasteiger partial charge is 0.328 e. The van der Waals surface area contributed by atoms with Gasteiger partial charge in [0, 0.05) is 13.1 Å². The van der Waals surface area contributed by atoms with E-state index in [0.717, 1.165) is 12.3 Å². The molecule has 0 aromatic heterocycles. The SMILES string of the molecule is CN=CCC1CCC(N)CC1. The molecule has 64 valence electrons. The summed E-state index contributed by atoms with van der Waals surface area (Å²) in [4.78, 5) is 3.99. The second kappa shape index (κ2) is 4.50. The van der Waals surface area contributed by atoms with Crippen LogP contribution in [0.25, 0.3) is 0 Å². The molecule has 0 heterocycles. The first-order chi connectivity index (χ1) is 5.33. The summed E-state index contributed by atoms with van der Waals surface area (Å²) in [7, 11) is 1.84. The zero-order chi connectivity index (χ0) is 8.10. The standard InChI is InChI=1S/C9H18N2/c1-11-7-6-8-2-4-9(10)5-3-8/h7-9H,2-6,10H2,1H3.